The quantitative estimate of drug-likeness (QED) is 0.774. The van der Waals surface area contributed by atoms with Crippen LogP contribution < -0.4 is 11.5 Å². The summed E-state index contributed by atoms with van der Waals surface area (Å²) in [7, 11) is -1.54. The van der Waals surface area contributed by atoms with E-state index in [9.17, 15) is 0 Å². The molecule has 1 aliphatic heterocycles. The van der Waals surface area contributed by atoms with Crippen LogP contribution in [0.5, 0.6) is 0 Å². The van der Waals surface area contributed by atoms with Crippen molar-refractivity contribution in [3.63, 3.8) is 0 Å². The average molecular weight is 273 g/mol. The van der Waals surface area contributed by atoms with E-state index in [1.54, 1.807) is 0 Å². The lowest BCUT2D eigenvalue weighted by atomic mass is 9.61. The summed E-state index contributed by atoms with van der Waals surface area (Å²) in [5.74, 6) is 0. The third-order valence-corrected chi connectivity index (χ3v) is 7.51. The van der Waals surface area contributed by atoms with E-state index >= 15 is 0 Å². The molecule has 18 heavy (non-hydrogen) atoms. The molecule has 108 valence electrons. The molecule has 0 bridgehead atoms. The highest BCUT2D eigenvalue weighted by Gasteiger charge is 2.57. The highest BCUT2D eigenvalue weighted by Crippen LogP contribution is 2.51. The lowest BCUT2D eigenvalue weighted by molar-refractivity contribution is -0.0929. The first-order chi connectivity index (χ1) is 8.13. The zero-order valence-corrected chi connectivity index (χ0v) is 14.0. The molecule has 4 N–H and O–H groups in total. The van der Waals surface area contributed by atoms with E-state index in [0.717, 1.165) is 25.3 Å². The second-order valence-corrected chi connectivity index (χ2v) is 11.2. The molecule has 2 atom stereocenters. The van der Waals surface area contributed by atoms with Crippen molar-refractivity contribution < 1.29 is 4.43 Å². The van der Waals surface area contributed by atoms with Gasteiger partial charge in [-0.3, -0.25) is 0 Å². The Morgan fingerprint density at radius 3 is 1.89 bits per heavy atom. The second-order valence-electron chi connectivity index (χ2n) is 6.94. The van der Waals surface area contributed by atoms with E-state index in [0.29, 0.717) is 0 Å². The van der Waals surface area contributed by atoms with E-state index < -0.39 is 8.32 Å². The maximum Gasteiger partial charge on any atom is 0.187 e. The summed E-state index contributed by atoms with van der Waals surface area (Å²) < 4.78 is 6.50. The van der Waals surface area contributed by atoms with Crippen molar-refractivity contribution in [1.82, 2.24) is 0 Å². The van der Waals surface area contributed by atoms with Gasteiger partial charge in [0, 0.05) is 17.5 Å². The molecule has 0 aliphatic carbocycles. The molecule has 1 rings (SSSR count). The minimum absolute atomic E-state index is 0.0843. The van der Waals surface area contributed by atoms with Gasteiger partial charge in [-0.25, -0.2) is 0 Å². The van der Waals surface area contributed by atoms with Crippen LogP contribution in [0.25, 0.3) is 0 Å². The van der Waals surface area contributed by atoms with Crippen molar-refractivity contribution >= 4 is 8.32 Å². The monoisotopic (exact) mass is 272 g/mol. The summed E-state index contributed by atoms with van der Waals surface area (Å²) >= 11 is 0. The van der Waals surface area contributed by atoms with Gasteiger partial charge in [0.25, 0.3) is 0 Å². The van der Waals surface area contributed by atoms with Gasteiger partial charge in [0.15, 0.2) is 8.32 Å². The predicted octanol–water partition coefficient (Wildman–Crippen LogP) is 2.85. The van der Waals surface area contributed by atoms with Crippen LogP contribution in [-0.2, 0) is 4.43 Å². The van der Waals surface area contributed by atoms with Gasteiger partial charge < -0.3 is 15.9 Å². The van der Waals surface area contributed by atoms with Crippen LogP contribution in [-0.4, -0.2) is 26.0 Å². The zero-order valence-electron chi connectivity index (χ0n) is 13.0. The standard InChI is InChI=1S/C14H32N2OSi/c1-7-11(15)14(12(16)8-2)9-10-18(5,6)17-13(14,3)4/h11-12H,7-10,15-16H2,1-6H3. The molecule has 0 aromatic heterocycles. The Labute approximate surface area is 114 Å². The molecule has 0 aromatic rings. The molecule has 0 spiro atoms. The van der Waals surface area contributed by atoms with E-state index in [1.165, 1.54) is 0 Å². The second kappa shape index (κ2) is 5.23. The van der Waals surface area contributed by atoms with Crippen LogP contribution in [0.1, 0.15) is 47.0 Å². The largest absolute Gasteiger partial charge is 0.412 e. The summed E-state index contributed by atoms with van der Waals surface area (Å²) in [6.07, 6.45) is 3.04. The Kier molecular flexibility index (Phi) is 4.70. The van der Waals surface area contributed by atoms with Gasteiger partial charge in [0.2, 0.25) is 0 Å². The Bertz CT molecular complexity index is 282. The fourth-order valence-corrected chi connectivity index (χ4v) is 6.60. The minimum Gasteiger partial charge on any atom is -0.412 e. The summed E-state index contributed by atoms with van der Waals surface area (Å²) in [5, 5.41) is 0. The van der Waals surface area contributed by atoms with Gasteiger partial charge in [-0.05, 0) is 52.2 Å². The number of hydrogen-bond donors (Lipinski definition) is 2. The van der Waals surface area contributed by atoms with Gasteiger partial charge >= 0.3 is 0 Å². The Morgan fingerprint density at radius 1 is 1.11 bits per heavy atom. The van der Waals surface area contributed by atoms with Crippen molar-refractivity contribution in [2.24, 2.45) is 16.9 Å². The van der Waals surface area contributed by atoms with Crippen molar-refractivity contribution in [2.75, 3.05) is 0 Å². The van der Waals surface area contributed by atoms with Crippen molar-refractivity contribution in [3.05, 3.63) is 0 Å². The van der Waals surface area contributed by atoms with Crippen LogP contribution in [0.2, 0.25) is 19.1 Å². The van der Waals surface area contributed by atoms with Gasteiger partial charge in [-0.2, -0.15) is 0 Å². The molecular weight excluding hydrogens is 240 g/mol. The number of nitrogens with two attached hydrogens (primary N) is 2. The smallest absolute Gasteiger partial charge is 0.187 e. The van der Waals surface area contributed by atoms with E-state index in [1.807, 2.05) is 0 Å². The maximum absolute atomic E-state index is 6.50. The number of rotatable bonds is 4. The van der Waals surface area contributed by atoms with Crippen LogP contribution in [0.3, 0.4) is 0 Å². The first-order valence-electron chi connectivity index (χ1n) is 7.34. The molecule has 0 saturated carbocycles. The van der Waals surface area contributed by atoms with Crippen molar-refractivity contribution in [3.8, 4) is 0 Å². The molecular formula is C14H32N2OSi. The summed E-state index contributed by atoms with van der Waals surface area (Å²) in [5.41, 5.74) is 12.7. The molecule has 3 nitrogen and oxygen atoms in total. The van der Waals surface area contributed by atoms with E-state index in [2.05, 4.69) is 40.8 Å². The van der Waals surface area contributed by atoms with Gasteiger partial charge in [-0.15, -0.1) is 0 Å². The zero-order chi connectivity index (χ0) is 14.2. The molecule has 1 aliphatic rings. The van der Waals surface area contributed by atoms with Crippen molar-refractivity contribution in [2.45, 2.75) is 83.8 Å². The fourth-order valence-electron chi connectivity index (χ4n) is 3.91. The van der Waals surface area contributed by atoms with E-state index in [4.69, 9.17) is 15.9 Å². The first kappa shape index (κ1) is 16.2. The third kappa shape index (κ3) is 2.53. The Morgan fingerprint density at radius 2 is 1.56 bits per heavy atom. The van der Waals surface area contributed by atoms with E-state index in [-0.39, 0.29) is 23.1 Å². The fraction of sp³-hybridized carbons (Fsp3) is 1.00. The first-order valence-corrected chi connectivity index (χ1v) is 10.5. The van der Waals surface area contributed by atoms with Crippen molar-refractivity contribution in [1.29, 1.82) is 0 Å². The SMILES string of the molecule is CCC(N)C1(C(N)CC)CC[Si](C)(C)OC1(C)C. The highest BCUT2D eigenvalue weighted by molar-refractivity contribution is 6.71. The molecule has 1 fully saturated rings. The summed E-state index contributed by atoms with van der Waals surface area (Å²) in [4.78, 5) is 0. The summed E-state index contributed by atoms with van der Waals surface area (Å²) in [6.45, 7) is 13.3. The van der Waals surface area contributed by atoms with Gasteiger partial charge in [0.05, 0.1) is 5.60 Å². The topological polar surface area (TPSA) is 61.3 Å². The van der Waals surface area contributed by atoms with Crippen LogP contribution >= 0.6 is 0 Å². The molecule has 0 amide bonds. The average Bonchev–Trinajstić information content (AvgIpc) is 2.25. The lowest BCUT2D eigenvalue weighted by Crippen LogP contribution is -2.69. The maximum atomic E-state index is 6.50. The molecule has 2 unspecified atom stereocenters. The molecule has 0 aromatic carbocycles. The molecule has 1 saturated heterocycles. The summed E-state index contributed by atoms with van der Waals surface area (Å²) in [6, 6.07) is 1.40. The van der Waals surface area contributed by atoms with Gasteiger partial charge in [-0.1, -0.05) is 13.8 Å². The predicted molar refractivity (Wildman–Crippen MR) is 81.0 cm³/mol. The van der Waals surface area contributed by atoms with Gasteiger partial charge in [0.1, 0.15) is 0 Å². The molecule has 0 radical (unpaired) electrons. The Hall–Kier alpha value is 0.0969. The highest BCUT2D eigenvalue weighted by atomic mass is 28.4. The Balaban J connectivity index is 3.18. The minimum atomic E-state index is -1.54. The number of hydrogen-bond acceptors (Lipinski definition) is 3. The van der Waals surface area contributed by atoms with Crippen LogP contribution in [0.15, 0.2) is 0 Å². The normalized spacial score (nSPS) is 34.0. The van der Waals surface area contributed by atoms with Crippen LogP contribution in [0.4, 0.5) is 0 Å². The third-order valence-electron chi connectivity index (χ3n) is 5.00. The van der Waals surface area contributed by atoms with Crippen LogP contribution in [0, 0.1) is 5.41 Å². The lowest BCUT2D eigenvalue weighted by Gasteiger charge is -2.59. The molecule has 4 heteroatoms. The molecule has 1 heterocycles.